The minimum Gasteiger partial charge on any atom is -0.353 e. The Hall–Kier alpha value is -1.85. The first kappa shape index (κ1) is 14.6. The van der Waals surface area contributed by atoms with Gasteiger partial charge < -0.3 is 10.3 Å². The fourth-order valence-electron chi connectivity index (χ4n) is 2.80. The normalized spacial score (nSPS) is 21.9. The maximum Gasteiger partial charge on any atom is 0.325 e. The molecule has 1 aliphatic carbocycles. The SMILES string of the molecule is Cc1[nH]c(=O)[nH]c(=O)c1CCC(=O)NC1CCC(C)C1. The molecule has 6 nitrogen and oxygen atoms in total. The Bertz CT molecular complexity index is 602. The molecule has 0 aromatic carbocycles. The lowest BCUT2D eigenvalue weighted by atomic mass is 10.1. The summed E-state index contributed by atoms with van der Waals surface area (Å²) in [5.74, 6) is 0.638. The smallest absolute Gasteiger partial charge is 0.325 e. The van der Waals surface area contributed by atoms with Crippen molar-refractivity contribution in [1.29, 1.82) is 0 Å². The number of nitrogens with one attached hydrogen (secondary N) is 3. The summed E-state index contributed by atoms with van der Waals surface area (Å²) in [6.45, 7) is 3.86. The Labute approximate surface area is 117 Å². The van der Waals surface area contributed by atoms with E-state index < -0.39 is 11.2 Å². The van der Waals surface area contributed by atoms with Gasteiger partial charge in [-0.15, -0.1) is 0 Å². The van der Waals surface area contributed by atoms with E-state index in [0.717, 1.165) is 19.3 Å². The van der Waals surface area contributed by atoms with Crippen molar-refractivity contribution < 1.29 is 4.79 Å². The van der Waals surface area contributed by atoms with Gasteiger partial charge in [0.2, 0.25) is 5.91 Å². The van der Waals surface area contributed by atoms with Crippen LogP contribution < -0.4 is 16.6 Å². The molecule has 0 saturated heterocycles. The molecule has 2 rings (SSSR count). The second-order valence-electron chi connectivity index (χ2n) is 5.69. The summed E-state index contributed by atoms with van der Waals surface area (Å²) >= 11 is 0. The molecular weight excluding hydrogens is 258 g/mol. The van der Waals surface area contributed by atoms with Gasteiger partial charge in [0.05, 0.1) is 0 Å². The minimum absolute atomic E-state index is 0.0332. The summed E-state index contributed by atoms with van der Waals surface area (Å²) in [5, 5.41) is 3.01. The van der Waals surface area contributed by atoms with Gasteiger partial charge in [0.25, 0.3) is 5.56 Å². The molecule has 1 aromatic rings. The summed E-state index contributed by atoms with van der Waals surface area (Å²) in [5.41, 5.74) is 0.0785. The number of amides is 1. The van der Waals surface area contributed by atoms with Gasteiger partial charge in [0.1, 0.15) is 0 Å². The van der Waals surface area contributed by atoms with Gasteiger partial charge in [0.15, 0.2) is 0 Å². The molecule has 0 bridgehead atoms. The number of hydrogen-bond donors (Lipinski definition) is 3. The van der Waals surface area contributed by atoms with Crippen LogP contribution in [0, 0.1) is 12.8 Å². The predicted octanol–water partition coefficient (Wildman–Crippen LogP) is 0.609. The highest BCUT2D eigenvalue weighted by Crippen LogP contribution is 2.24. The van der Waals surface area contributed by atoms with Gasteiger partial charge in [-0.05, 0) is 38.5 Å². The van der Waals surface area contributed by atoms with Crippen LogP contribution in [-0.2, 0) is 11.2 Å². The van der Waals surface area contributed by atoms with E-state index in [0.29, 0.717) is 23.6 Å². The third kappa shape index (κ3) is 3.59. The number of H-pyrrole nitrogens is 2. The van der Waals surface area contributed by atoms with Crippen molar-refractivity contribution >= 4 is 5.91 Å². The Balaban J connectivity index is 1.91. The number of carbonyl (C=O) groups is 1. The molecule has 2 atom stereocenters. The van der Waals surface area contributed by atoms with Gasteiger partial charge >= 0.3 is 5.69 Å². The standard InChI is InChI=1S/C14H21N3O3/c1-8-3-4-10(7-8)16-12(18)6-5-11-9(2)15-14(20)17-13(11)19/h8,10H,3-7H2,1-2H3,(H,16,18)(H2,15,17,19,20). The lowest BCUT2D eigenvalue weighted by molar-refractivity contribution is -0.121. The van der Waals surface area contributed by atoms with Crippen molar-refractivity contribution in [1.82, 2.24) is 15.3 Å². The monoisotopic (exact) mass is 279 g/mol. The molecule has 2 unspecified atom stereocenters. The van der Waals surface area contributed by atoms with E-state index in [9.17, 15) is 14.4 Å². The maximum atomic E-state index is 11.9. The van der Waals surface area contributed by atoms with Crippen molar-refractivity contribution in [3.63, 3.8) is 0 Å². The summed E-state index contributed by atoms with van der Waals surface area (Å²) < 4.78 is 0. The second-order valence-corrected chi connectivity index (χ2v) is 5.69. The van der Waals surface area contributed by atoms with Crippen LogP contribution in [-0.4, -0.2) is 21.9 Å². The first-order chi connectivity index (χ1) is 9.45. The zero-order chi connectivity index (χ0) is 14.7. The highest BCUT2D eigenvalue weighted by atomic mass is 16.2. The fourth-order valence-corrected chi connectivity index (χ4v) is 2.80. The van der Waals surface area contributed by atoms with Gasteiger partial charge in [-0.1, -0.05) is 6.92 Å². The predicted molar refractivity (Wildman–Crippen MR) is 75.7 cm³/mol. The molecule has 6 heteroatoms. The summed E-state index contributed by atoms with van der Waals surface area (Å²) in [4.78, 5) is 39.3. The lowest BCUT2D eigenvalue weighted by Gasteiger charge is -2.12. The van der Waals surface area contributed by atoms with Gasteiger partial charge in [0, 0.05) is 23.7 Å². The van der Waals surface area contributed by atoms with E-state index in [1.54, 1.807) is 6.92 Å². The molecule has 20 heavy (non-hydrogen) atoms. The highest BCUT2D eigenvalue weighted by Gasteiger charge is 2.22. The Morgan fingerprint density at radius 3 is 2.65 bits per heavy atom. The van der Waals surface area contributed by atoms with Crippen molar-refractivity contribution in [3.05, 3.63) is 32.1 Å². The summed E-state index contributed by atoms with van der Waals surface area (Å²) in [7, 11) is 0. The van der Waals surface area contributed by atoms with Crippen molar-refractivity contribution in [2.24, 2.45) is 5.92 Å². The molecule has 1 heterocycles. The fraction of sp³-hybridized carbons (Fsp3) is 0.643. The number of carbonyl (C=O) groups excluding carboxylic acids is 1. The summed E-state index contributed by atoms with van der Waals surface area (Å²) in [6.07, 6.45) is 3.83. The molecular formula is C14H21N3O3. The third-order valence-corrected chi connectivity index (χ3v) is 3.92. The van der Waals surface area contributed by atoms with Crippen LogP contribution in [0.3, 0.4) is 0 Å². The molecule has 1 fully saturated rings. The molecule has 0 spiro atoms. The van der Waals surface area contributed by atoms with Crippen molar-refractivity contribution in [2.45, 2.75) is 52.0 Å². The number of aromatic nitrogens is 2. The van der Waals surface area contributed by atoms with Crippen LogP contribution in [0.5, 0.6) is 0 Å². The zero-order valence-corrected chi connectivity index (χ0v) is 11.9. The number of aromatic amines is 2. The second kappa shape index (κ2) is 6.07. The Morgan fingerprint density at radius 1 is 1.30 bits per heavy atom. The molecule has 1 saturated carbocycles. The average Bonchev–Trinajstić information content (AvgIpc) is 2.73. The van der Waals surface area contributed by atoms with Crippen LogP contribution in [0.4, 0.5) is 0 Å². The van der Waals surface area contributed by atoms with Gasteiger partial charge in [-0.25, -0.2) is 4.79 Å². The van der Waals surface area contributed by atoms with E-state index in [2.05, 4.69) is 22.2 Å². The van der Waals surface area contributed by atoms with Crippen molar-refractivity contribution in [2.75, 3.05) is 0 Å². The van der Waals surface area contributed by atoms with Gasteiger partial charge in [-0.2, -0.15) is 0 Å². The number of hydrogen-bond acceptors (Lipinski definition) is 3. The van der Waals surface area contributed by atoms with E-state index >= 15 is 0 Å². The van der Waals surface area contributed by atoms with Crippen LogP contribution in [0.25, 0.3) is 0 Å². The Morgan fingerprint density at radius 2 is 2.05 bits per heavy atom. The maximum absolute atomic E-state index is 11.9. The topological polar surface area (TPSA) is 94.8 Å². The van der Waals surface area contributed by atoms with Crippen molar-refractivity contribution in [3.8, 4) is 0 Å². The Kier molecular flexibility index (Phi) is 4.42. The van der Waals surface area contributed by atoms with Crippen LogP contribution in [0.15, 0.2) is 9.59 Å². The molecule has 0 aliphatic heterocycles. The quantitative estimate of drug-likeness (QED) is 0.753. The average molecular weight is 279 g/mol. The largest absolute Gasteiger partial charge is 0.353 e. The highest BCUT2D eigenvalue weighted by molar-refractivity contribution is 5.76. The molecule has 0 radical (unpaired) electrons. The molecule has 1 aromatic heterocycles. The van der Waals surface area contributed by atoms with E-state index in [1.165, 1.54) is 0 Å². The van der Waals surface area contributed by atoms with E-state index in [1.807, 2.05) is 0 Å². The molecule has 3 N–H and O–H groups in total. The van der Waals surface area contributed by atoms with E-state index in [-0.39, 0.29) is 18.4 Å². The van der Waals surface area contributed by atoms with Crippen LogP contribution >= 0.6 is 0 Å². The first-order valence-corrected chi connectivity index (χ1v) is 7.07. The zero-order valence-electron chi connectivity index (χ0n) is 11.9. The minimum atomic E-state index is -0.513. The summed E-state index contributed by atoms with van der Waals surface area (Å²) in [6, 6.07) is 0.271. The molecule has 110 valence electrons. The van der Waals surface area contributed by atoms with Crippen LogP contribution in [0.2, 0.25) is 0 Å². The number of aryl methyl sites for hydroxylation is 1. The van der Waals surface area contributed by atoms with E-state index in [4.69, 9.17) is 0 Å². The van der Waals surface area contributed by atoms with Gasteiger partial charge in [-0.3, -0.25) is 14.6 Å². The lowest BCUT2D eigenvalue weighted by Crippen LogP contribution is -2.34. The third-order valence-electron chi connectivity index (χ3n) is 3.92. The molecule has 1 aliphatic rings. The first-order valence-electron chi connectivity index (χ1n) is 7.07. The van der Waals surface area contributed by atoms with Crippen LogP contribution in [0.1, 0.15) is 43.9 Å². The number of rotatable bonds is 4. The molecule has 1 amide bonds.